The summed E-state index contributed by atoms with van der Waals surface area (Å²) in [6, 6.07) is 49.6. The monoisotopic (exact) mass is 736 g/mol. The maximum absolute atomic E-state index is 4.09. The van der Waals surface area contributed by atoms with Gasteiger partial charge in [-0.15, -0.1) is 0 Å². The fourth-order valence-corrected chi connectivity index (χ4v) is 9.15. The van der Waals surface area contributed by atoms with Crippen LogP contribution in [-0.2, 0) is 18.3 Å². The van der Waals surface area contributed by atoms with Crippen LogP contribution in [0.15, 0.2) is 121 Å². The van der Waals surface area contributed by atoms with Gasteiger partial charge in [0, 0.05) is 0 Å². The SMILES string of the molecule is Cc1cccc(C)c1-c1cccc(-c2c(C)cccc2C)c1Cc1[c-]c(Cc2c(-c3c(C)cccc3C)cccc2-c2c(C)cccc2C)cc(C(C)(C)C)c1.[Li+]. The van der Waals surface area contributed by atoms with Crippen molar-refractivity contribution in [2.24, 2.45) is 0 Å². The van der Waals surface area contributed by atoms with Crippen LogP contribution in [-0.4, -0.2) is 0 Å². The van der Waals surface area contributed by atoms with Gasteiger partial charge in [-0.1, -0.05) is 130 Å². The number of hydrogen-bond donors (Lipinski definition) is 0. The summed E-state index contributed by atoms with van der Waals surface area (Å²) in [4.78, 5) is 0. The van der Waals surface area contributed by atoms with Gasteiger partial charge < -0.3 is 0 Å². The quantitative estimate of drug-likeness (QED) is 0.108. The van der Waals surface area contributed by atoms with E-state index in [1.54, 1.807) is 0 Å². The Kier molecular flexibility index (Phi) is 12.4. The van der Waals surface area contributed by atoms with Crippen LogP contribution in [0.25, 0.3) is 44.5 Å². The van der Waals surface area contributed by atoms with Gasteiger partial charge in [-0.2, -0.15) is 34.9 Å². The van der Waals surface area contributed by atoms with Gasteiger partial charge in [0.2, 0.25) is 0 Å². The van der Waals surface area contributed by atoms with E-state index < -0.39 is 0 Å². The van der Waals surface area contributed by atoms with Crippen molar-refractivity contribution in [2.45, 2.75) is 94.4 Å². The zero-order valence-electron chi connectivity index (χ0n) is 36.5. The standard InChI is InChI=1S/C56H57.Li/c1-35-18-12-19-36(2)52(35)46-26-16-27-47(53-37(3)20-13-21-38(53)4)50(46)33-43-30-44(32-45(31-43)56(9,10)11)34-51-48(54-39(5)22-14-23-40(54)6)28-17-29-49(51)55-41(7)24-15-25-42(55)8;/h12-29,31-32H,33-34H2,1-11H3;/q-1;+1. The van der Waals surface area contributed by atoms with Crippen LogP contribution in [0.2, 0.25) is 0 Å². The minimum atomic E-state index is -0.0400. The first kappa shape index (κ1) is 41.8. The largest absolute Gasteiger partial charge is 1.00 e. The Morgan fingerprint density at radius 1 is 0.368 bits per heavy atom. The van der Waals surface area contributed by atoms with Crippen molar-refractivity contribution in [3.8, 4) is 44.5 Å². The van der Waals surface area contributed by atoms with E-state index in [1.165, 1.54) is 117 Å². The number of aryl methyl sites for hydroxylation is 8. The third-order valence-corrected chi connectivity index (χ3v) is 11.9. The van der Waals surface area contributed by atoms with E-state index in [0.29, 0.717) is 0 Å². The van der Waals surface area contributed by atoms with E-state index in [9.17, 15) is 0 Å². The first-order valence-electron chi connectivity index (χ1n) is 20.3. The molecule has 0 aliphatic carbocycles. The second-order valence-corrected chi connectivity index (χ2v) is 17.3. The molecule has 7 rings (SSSR count). The summed E-state index contributed by atoms with van der Waals surface area (Å²) >= 11 is 0. The van der Waals surface area contributed by atoms with Crippen molar-refractivity contribution in [2.75, 3.05) is 0 Å². The van der Waals surface area contributed by atoms with Crippen LogP contribution >= 0.6 is 0 Å². The third-order valence-electron chi connectivity index (χ3n) is 11.9. The van der Waals surface area contributed by atoms with Crippen molar-refractivity contribution in [1.29, 1.82) is 0 Å². The van der Waals surface area contributed by atoms with E-state index in [4.69, 9.17) is 0 Å². The molecule has 0 saturated heterocycles. The zero-order valence-corrected chi connectivity index (χ0v) is 36.5. The second-order valence-electron chi connectivity index (χ2n) is 17.3. The molecule has 0 unspecified atom stereocenters. The summed E-state index contributed by atoms with van der Waals surface area (Å²) in [6.45, 7) is 25.1. The van der Waals surface area contributed by atoms with E-state index in [-0.39, 0.29) is 24.3 Å². The Morgan fingerprint density at radius 3 is 0.825 bits per heavy atom. The molecule has 7 aromatic carbocycles. The third kappa shape index (κ3) is 8.41. The molecule has 0 atom stereocenters. The van der Waals surface area contributed by atoms with Gasteiger partial charge in [0.1, 0.15) is 0 Å². The molecule has 57 heavy (non-hydrogen) atoms. The van der Waals surface area contributed by atoms with Gasteiger partial charge in [-0.3, -0.25) is 0 Å². The summed E-state index contributed by atoms with van der Waals surface area (Å²) in [5.41, 5.74) is 27.5. The van der Waals surface area contributed by atoms with Crippen molar-refractivity contribution in [1.82, 2.24) is 0 Å². The summed E-state index contributed by atoms with van der Waals surface area (Å²) in [5.74, 6) is 0. The molecule has 0 aromatic heterocycles. The fraction of sp³-hybridized carbons (Fsp3) is 0.250. The average molecular weight is 737 g/mol. The molecular formula is C56H57Li. The number of hydrogen-bond acceptors (Lipinski definition) is 0. The Labute approximate surface area is 355 Å². The minimum Gasteiger partial charge on any atom is -0.176 e. The summed E-state index contributed by atoms with van der Waals surface area (Å²) in [7, 11) is 0. The zero-order chi connectivity index (χ0) is 39.9. The van der Waals surface area contributed by atoms with Gasteiger partial charge in [-0.05, 0) is 174 Å². The number of benzene rings is 7. The molecule has 1 heteroatoms. The minimum absolute atomic E-state index is 0. The van der Waals surface area contributed by atoms with E-state index >= 15 is 0 Å². The maximum atomic E-state index is 4.09. The molecule has 0 aliphatic rings. The van der Waals surface area contributed by atoms with E-state index in [2.05, 4.69) is 204 Å². The predicted octanol–water partition coefficient (Wildman–Crippen LogP) is 12.1. The predicted molar refractivity (Wildman–Crippen MR) is 242 cm³/mol. The van der Waals surface area contributed by atoms with E-state index in [0.717, 1.165) is 12.8 Å². The van der Waals surface area contributed by atoms with Crippen LogP contribution in [0.4, 0.5) is 0 Å². The van der Waals surface area contributed by atoms with Crippen LogP contribution in [0.3, 0.4) is 0 Å². The molecule has 0 heterocycles. The Bertz CT molecular complexity index is 2200. The van der Waals surface area contributed by atoms with Gasteiger partial charge in [0.25, 0.3) is 0 Å². The summed E-state index contributed by atoms with van der Waals surface area (Å²) < 4.78 is 0. The Morgan fingerprint density at radius 2 is 0.596 bits per heavy atom. The van der Waals surface area contributed by atoms with Crippen molar-refractivity contribution in [3.63, 3.8) is 0 Å². The fourth-order valence-electron chi connectivity index (χ4n) is 9.15. The topological polar surface area (TPSA) is 0 Å². The molecule has 0 nitrogen and oxygen atoms in total. The molecule has 0 spiro atoms. The second kappa shape index (κ2) is 16.9. The summed E-state index contributed by atoms with van der Waals surface area (Å²) in [6.07, 6.45) is 1.57. The molecule has 0 amide bonds. The molecule has 0 bridgehead atoms. The van der Waals surface area contributed by atoms with Crippen LogP contribution in [0, 0.1) is 61.5 Å². The summed E-state index contributed by atoms with van der Waals surface area (Å²) in [5, 5.41) is 0. The van der Waals surface area contributed by atoms with Crippen molar-refractivity contribution < 1.29 is 18.9 Å². The molecule has 0 saturated carbocycles. The molecule has 282 valence electrons. The normalized spacial score (nSPS) is 11.4. The van der Waals surface area contributed by atoms with Gasteiger partial charge in [0.15, 0.2) is 0 Å². The van der Waals surface area contributed by atoms with E-state index in [1.807, 2.05) is 0 Å². The smallest absolute Gasteiger partial charge is 0.176 e. The molecule has 0 fully saturated rings. The molecule has 0 N–H and O–H groups in total. The maximum Gasteiger partial charge on any atom is 1.00 e. The van der Waals surface area contributed by atoms with Crippen molar-refractivity contribution in [3.05, 3.63) is 200 Å². The van der Waals surface area contributed by atoms with Gasteiger partial charge >= 0.3 is 18.9 Å². The Hall–Kier alpha value is -4.86. The first-order chi connectivity index (χ1) is 26.7. The molecule has 7 aromatic rings. The van der Waals surface area contributed by atoms with Crippen LogP contribution in [0.5, 0.6) is 0 Å². The molecule has 0 radical (unpaired) electrons. The first-order valence-corrected chi connectivity index (χ1v) is 20.3. The molecule has 0 aliphatic heterocycles. The van der Waals surface area contributed by atoms with Crippen molar-refractivity contribution >= 4 is 0 Å². The van der Waals surface area contributed by atoms with Crippen LogP contribution < -0.4 is 18.9 Å². The average Bonchev–Trinajstić information content (AvgIpc) is 3.13. The number of rotatable bonds is 8. The van der Waals surface area contributed by atoms with Crippen LogP contribution in [0.1, 0.15) is 93.1 Å². The van der Waals surface area contributed by atoms with Gasteiger partial charge in [0.05, 0.1) is 0 Å². The van der Waals surface area contributed by atoms with Gasteiger partial charge in [-0.25, -0.2) is 0 Å². The molecular weight excluding hydrogens is 680 g/mol. The Balaban J connectivity index is 0.00000549.